The maximum Gasteiger partial charge on any atom is 0.191 e. The lowest BCUT2D eigenvalue weighted by Crippen LogP contribution is -2.49. The molecule has 0 spiro atoms. The second-order valence-electron chi connectivity index (χ2n) is 6.61. The van der Waals surface area contributed by atoms with Gasteiger partial charge in [-0.05, 0) is 44.2 Å². The lowest BCUT2D eigenvalue weighted by atomic mass is 10.1. The van der Waals surface area contributed by atoms with E-state index in [2.05, 4.69) is 51.5 Å². The fourth-order valence-corrected chi connectivity index (χ4v) is 2.72. The van der Waals surface area contributed by atoms with Gasteiger partial charge in [-0.3, -0.25) is 4.99 Å². The van der Waals surface area contributed by atoms with Crippen molar-refractivity contribution in [2.24, 2.45) is 10.9 Å². The maximum absolute atomic E-state index is 9.13. The standard InChI is InChI=1S/C18H31N5O/c1-4-19-18(21-12-15(3)13-24)22-16-7-9-23(10-8-16)17-6-5-14(2)11-20-17/h5-6,11,15-16,24H,4,7-10,12-13H2,1-3H3,(H2,19,21,22). The fourth-order valence-electron chi connectivity index (χ4n) is 2.72. The molecule has 1 aliphatic rings. The van der Waals surface area contributed by atoms with E-state index in [9.17, 15) is 0 Å². The van der Waals surface area contributed by atoms with Crippen LogP contribution in [-0.2, 0) is 0 Å². The second-order valence-corrected chi connectivity index (χ2v) is 6.61. The molecule has 2 rings (SSSR count). The van der Waals surface area contributed by atoms with E-state index in [1.807, 2.05) is 13.1 Å². The summed E-state index contributed by atoms with van der Waals surface area (Å²) in [5, 5.41) is 15.9. The van der Waals surface area contributed by atoms with Crippen LogP contribution in [0.25, 0.3) is 0 Å². The molecule has 134 valence electrons. The minimum absolute atomic E-state index is 0.171. The predicted octanol–water partition coefficient (Wildman–Crippen LogP) is 1.54. The first-order valence-corrected chi connectivity index (χ1v) is 8.95. The van der Waals surface area contributed by atoms with Gasteiger partial charge in [0.1, 0.15) is 5.82 Å². The first-order valence-electron chi connectivity index (χ1n) is 8.95. The summed E-state index contributed by atoms with van der Waals surface area (Å²) in [6, 6.07) is 4.64. The molecule has 24 heavy (non-hydrogen) atoms. The van der Waals surface area contributed by atoms with Crippen LogP contribution in [0.3, 0.4) is 0 Å². The summed E-state index contributed by atoms with van der Waals surface area (Å²) in [5.74, 6) is 2.11. The molecule has 2 heterocycles. The molecule has 0 amide bonds. The van der Waals surface area contributed by atoms with Gasteiger partial charge in [-0.25, -0.2) is 4.98 Å². The van der Waals surface area contributed by atoms with E-state index in [1.165, 1.54) is 5.56 Å². The zero-order valence-corrected chi connectivity index (χ0v) is 15.1. The number of pyridine rings is 1. The lowest BCUT2D eigenvalue weighted by Gasteiger charge is -2.34. The monoisotopic (exact) mass is 333 g/mol. The zero-order chi connectivity index (χ0) is 17.4. The van der Waals surface area contributed by atoms with Crippen molar-refractivity contribution in [1.82, 2.24) is 15.6 Å². The Kier molecular flexibility index (Phi) is 7.31. The molecular weight excluding hydrogens is 302 g/mol. The summed E-state index contributed by atoms with van der Waals surface area (Å²) >= 11 is 0. The molecule has 0 aromatic carbocycles. The summed E-state index contributed by atoms with van der Waals surface area (Å²) in [6.07, 6.45) is 4.06. The van der Waals surface area contributed by atoms with Gasteiger partial charge in [0.25, 0.3) is 0 Å². The van der Waals surface area contributed by atoms with Crippen molar-refractivity contribution in [3.05, 3.63) is 23.9 Å². The third-order valence-electron chi connectivity index (χ3n) is 4.27. The largest absolute Gasteiger partial charge is 0.396 e. The molecular formula is C18H31N5O. The number of hydrogen-bond acceptors (Lipinski definition) is 4. The Morgan fingerprint density at radius 3 is 2.75 bits per heavy atom. The Labute approximate surface area is 145 Å². The molecule has 0 saturated carbocycles. The molecule has 1 saturated heterocycles. The van der Waals surface area contributed by atoms with Crippen LogP contribution in [0, 0.1) is 12.8 Å². The Morgan fingerprint density at radius 1 is 1.42 bits per heavy atom. The summed E-state index contributed by atoms with van der Waals surface area (Å²) < 4.78 is 0. The first-order chi connectivity index (χ1) is 11.6. The molecule has 0 bridgehead atoms. The Bertz CT molecular complexity index is 509. The van der Waals surface area contributed by atoms with Gasteiger partial charge in [-0.2, -0.15) is 0 Å². The minimum Gasteiger partial charge on any atom is -0.396 e. The summed E-state index contributed by atoms with van der Waals surface area (Å²) in [4.78, 5) is 11.4. The molecule has 3 N–H and O–H groups in total. The molecule has 1 aromatic heterocycles. The number of aryl methyl sites for hydroxylation is 1. The smallest absolute Gasteiger partial charge is 0.191 e. The molecule has 6 nitrogen and oxygen atoms in total. The van der Waals surface area contributed by atoms with Gasteiger partial charge in [0, 0.05) is 45.0 Å². The Morgan fingerprint density at radius 2 is 2.17 bits per heavy atom. The number of guanidine groups is 1. The number of piperidine rings is 1. The number of rotatable bonds is 6. The van der Waals surface area contributed by atoms with Gasteiger partial charge in [0.2, 0.25) is 0 Å². The van der Waals surface area contributed by atoms with Crippen LogP contribution in [-0.4, -0.2) is 54.9 Å². The molecule has 1 aromatic rings. The van der Waals surface area contributed by atoms with Gasteiger partial charge in [-0.15, -0.1) is 0 Å². The van der Waals surface area contributed by atoms with Crippen LogP contribution >= 0.6 is 0 Å². The Balaban J connectivity index is 1.84. The number of aromatic nitrogens is 1. The topological polar surface area (TPSA) is 72.8 Å². The third-order valence-corrected chi connectivity index (χ3v) is 4.27. The molecule has 0 radical (unpaired) electrons. The molecule has 6 heteroatoms. The van der Waals surface area contributed by atoms with E-state index in [4.69, 9.17) is 5.11 Å². The number of aliphatic hydroxyl groups excluding tert-OH is 1. The third kappa shape index (κ3) is 5.67. The van der Waals surface area contributed by atoms with Crippen molar-refractivity contribution in [3.63, 3.8) is 0 Å². The summed E-state index contributed by atoms with van der Waals surface area (Å²) in [5.41, 5.74) is 1.19. The highest BCUT2D eigenvalue weighted by Gasteiger charge is 2.20. The number of nitrogens with one attached hydrogen (secondary N) is 2. The molecule has 0 aliphatic carbocycles. The van der Waals surface area contributed by atoms with E-state index in [0.29, 0.717) is 12.6 Å². The van der Waals surface area contributed by atoms with Crippen LogP contribution in [0.1, 0.15) is 32.3 Å². The van der Waals surface area contributed by atoms with Crippen molar-refractivity contribution < 1.29 is 5.11 Å². The number of aliphatic imine (C=N–C) groups is 1. The highest BCUT2D eigenvalue weighted by molar-refractivity contribution is 5.80. The average Bonchev–Trinajstić information content (AvgIpc) is 2.61. The Hall–Kier alpha value is -1.82. The molecule has 1 fully saturated rings. The first kappa shape index (κ1) is 18.5. The van der Waals surface area contributed by atoms with Crippen molar-refractivity contribution in [1.29, 1.82) is 0 Å². The van der Waals surface area contributed by atoms with Crippen LogP contribution in [0.5, 0.6) is 0 Å². The average molecular weight is 333 g/mol. The molecule has 1 aliphatic heterocycles. The molecule has 1 atom stereocenters. The van der Waals surface area contributed by atoms with E-state index in [0.717, 1.165) is 44.3 Å². The maximum atomic E-state index is 9.13. The van der Waals surface area contributed by atoms with Gasteiger partial charge in [0.05, 0.1) is 0 Å². The van der Waals surface area contributed by atoms with E-state index in [1.54, 1.807) is 0 Å². The van der Waals surface area contributed by atoms with Crippen molar-refractivity contribution in [2.75, 3.05) is 37.7 Å². The minimum atomic E-state index is 0.171. The zero-order valence-electron chi connectivity index (χ0n) is 15.1. The van der Waals surface area contributed by atoms with Crippen LogP contribution < -0.4 is 15.5 Å². The SMILES string of the molecule is CCNC(=NCC(C)CO)NC1CCN(c2ccc(C)cn2)CC1. The number of nitrogens with zero attached hydrogens (tertiary/aromatic N) is 3. The van der Waals surface area contributed by atoms with Gasteiger partial charge < -0.3 is 20.6 Å². The van der Waals surface area contributed by atoms with Crippen molar-refractivity contribution >= 4 is 11.8 Å². The number of anilines is 1. The normalized spacial score (nSPS) is 17.7. The summed E-state index contributed by atoms with van der Waals surface area (Å²) in [6.45, 7) is 9.78. The highest BCUT2D eigenvalue weighted by Crippen LogP contribution is 2.18. The van der Waals surface area contributed by atoms with Gasteiger partial charge >= 0.3 is 0 Å². The quantitative estimate of drug-likeness (QED) is 0.544. The van der Waals surface area contributed by atoms with Crippen LogP contribution in [0.2, 0.25) is 0 Å². The molecule has 1 unspecified atom stereocenters. The van der Waals surface area contributed by atoms with E-state index >= 15 is 0 Å². The van der Waals surface area contributed by atoms with Gasteiger partial charge in [0.15, 0.2) is 5.96 Å². The lowest BCUT2D eigenvalue weighted by molar-refractivity contribution is 0.241. The number of hydrogen-bond donors (Lipinski definition) is 3. The summed E-state index contributed by atoms with van der Waals surface area (Å²) in [7, 11) is 0. The number of aliphatic hydroxyl groups is 1. The van der Waals surface area contributed by atoms with Crippen LogP contribution in [0.4, 0.5) is 5.82 Å². The van der Waals surface area contributed by atoms with Crippen LogP contribution in [0.15, 0.2) is 23.3 Å². The second kappa shape index (κ2) is 9.47. The van der Waals surface area contributed by atoms with Crippen molar-refractivity contribution in [3.8, 4) is 0 Å². The van der Waals surface area contributed by atoms with E-state index < -0.39 is 0 Å². The van der Waals surface area contributed by atoms with E-state index in [-0.39, 0.29) is 12.5 Å². The fraction of sp³-hybridized carbons (Fsp3) is 0.667. The predicted molar refractivity (Wildman–Crippen MR) is 99.6 cm³/mol. The highest BCUT2D eigenvalue weighted by atomic mass is 16.3. The van der Waals surface area contributed by atoms with Gasteiger partial charge in [-0.1, -0.05) is 13.0 Å². The van der Waals surface area contributed by atoms with Crippen molar-refractivity contribution in [2.45, 2.75) is 39.7 Å².